The van der Waals surface area contributed by atoms with Crippen molar-refractivity contribution < 1.29 is 19.1 Å². The average molecular weight is 295 g/mol. The minimum Gasteiger partial charge on any atom is -0.378 e. The number of hydrogen-bond acceptors (Lipinski definition) is 4. The van der Waals surface area contributed by atoms with Gasteiger partial charge in [0.1, 0.15) is 5.54 Å². The van der Waals surface area contributed by atoms with Crippen LogP contribution in [0.2, 0.25) is 0 Å². The molecule has 21 heavy (non-hydrogen) atoms. The highest BCUT2D eigenvalue weighted by atomic mass is 16.5. The molecule has 0 aromatic rings. The maximum absolute atomic E-state index is 12.4. The predicted octanol–water partition coefficient (Wildman–Crippen LogP) is 0.146. The van der Waals surface area contributed by atoms with E-state index in [1.54, 1.807) is 4.90 Å². The van der Waals surface area contributed by atoms with Crippen LogP contribution in [0.1, 0.15) is 38.5 Å². The molecule has 1 spiro atoms. The first-order valence-corrected chi connectivity index (χ1v) is 7.62. The predicted molar refractivity (Wildman–Crippen MR) is 73.4 cm³/mol. The van der Waals surface area contributed by atoms with E-state index in [-0.39, 0.29) is 24.5 Å². The molecule has 3 heterocycles. The molecule has 2 atom stereocenters. The third-order valence-electron chi connectivity index (χ3n) is 4.54. The Balaban J connectivity index is 1.61. The van der Waals surface area contributed by atoms with Gasteiger partial charge in [-0.15, -0.1) is 0 Å². The Labute approximate surface area is 123 Å². The third-order valence-corrected chi connectivity index (χ3v) is 4.54. The molecule has 3 aliphatic heterocycles. The van der Waals surface area contributed by atoms with Crippen LogP contribution in [0.4, 0.5) is 4.79 Å². The second-order valence-corrected chi connectivity index (χ2v) is 6.10. The van der Waals surface area contributed by atoms with Crippen LogP contribution in [-0.4, -0.2) is 54.1 Å². The van der Waals surface area contributed by atoms with Crippen LogP contribution in [0.25, 0.3) is 0 Å². The van der Waals surface area contributed by atoms with E-state index in [9.17, 15) is 14.4 Å². The quantitative estimate of drug-likeness (QED) is 0.710. The maximum Gasteiger partial charge on any atom is 0.322 e. The van der Waals surface area contributed by atoms with Crippen molar-refractivity contribution in [2.45, 2.75) is 50.2 Å². The number of carbonyl (C=O) groups excluding carboxylic acids is 3. The summed E-state index contributed by atoms with van der Waals surface area (Å²) in [6.45, 7) is 1.62. The zero-order chi connectivity index (χ0) is 14.9. The Hall–Kier alpha value is -1.63. The number of nitrogens with zero attached hydrogens (tertiary/aromatic N) is 1. The molecule has 3 saturated heterocycles. The van der Waals surface area contributed by atoms with Gasteiger partial charge in [0, 0.05) is 13.2 Å². The molecule has 2 N–H and O–H groups in total. The fourth-order valence-electron chi connectivity index (χ4n) is 3.38. The van der Waals surface area contributed by atoms with E-state index < -0.39 is 11.6 Å². The molecule has 116 valence electrons. The molecule has 0 aliphatic carbocycles. The van der Waals surface area contributed by atoms with Gasteiger partial charge in [-0.05, 0) is 32.1 Å². The molecule has 0 radical (unpaired) electrons. The number of hydrogen-bond donors (Lipinski definition) is 2. The lowest BCUT2D eigenvalue weighted by atomic mass is 9.89. The van der Waals surface area contributed by atoms with Gasteiger partial charge in [-0.2, -0.15) is 0 Å². The SMILES string of the molecule is O=C1NC(=O)C2(CCCN(C(=O)CC3CCCCO3)C2)N1. The lowest BCUT2D eigenvalue weighted by molar-refractivity contribution is -0.139. The number of urea groups is 1. The van der Waals surface area contributed by atoms with Crippen LogP contribution in [-0.2, 0) is 14.3 Å². The summed E-state index contributed by atoms with van der Waals surface area (Å²) < 4.78 is 5.60. The number of ether oxygens (including phenoxy) is 1. The topological polar surface area (TPSA) is 87.7 Å². The number of likely N-dealkylation sites (tertiary alicyclic amines) is 1. The second-order valence-electron chi connectivity index (χ2n) is 6.10. The Morgan fingerprint density at radius 2 is 2.19 bits per heavy atom. The highest BCUT2D eigenvalue weighted by molar-refractivity contribution is 6.07. The first kappa shape index (κ1) is 14.3. The van der Waals surface area contributed by atoms with Crippen molar-refractivity contribution in [3.05, 3.63) is 0 Å². The second kappa shape index (κ2) is 5.63. The number of carbonyl (C=O) groups is 3. The van der Waals surface area contributed by atoms with Crippen LogP contribution in [0, 0.1) is 0 Å². The minimum absolute atomic E-state index is 0.00359. The van der Waals surface area contributed by atoms with Gasteiger partial charge < -0.3 is 15.0 Å². The first-order chi connectivity index (χ1) is 10.1. The summed E-state index contributed by atoms with van der Waals surface area (Å²) in [5.41, 5.74) is -0.932. The number of piperidine rings is 1. The Morgan fingerprint density at radius 1 is 1.33 bits per heavy atom. The van der Waals surface area contributed by atoms with Crippen molar-refractivity contribution in [2.24, 2.45) is 0 Å². The van der Waals surface area contributed by atoms with Gasteiger partial charge in [0.15, 0.2) is 0 Å². The Bertz CT molecular complexity index is 461. The summed E-state index contributed by atoms with van der Waals surface area (Å²) in [7, 11) is 0. The molecule has 0 bridgehead atoms. The zero-order valence-corrected chi connectivity index (χ0v) is 12.0. The largest absolute Gasteiger partial charge is 0.378 e. The Kier molecular flexibility index (Phi) is 3.84. The maximum atomic E-state index is 12.4. The van der Waals surface area contributed by atoms with E-state index >= 15 is 0 Å². The van der Waals surface area contributed by atoms with Crippen molar-refractivity contribution in [2.75, 3.05) is 19.7 Å². The van der Waals surface area contributed by atoms with Crippen molar-refractivity contribution in [3.63, 3.8) is 0 Å². The third kappa shape index (κ3) is 2.88. The summed E-state index contributed by atoms with van der Waals surface area (Å²) in [5.74, 6) is -0.311. The first-order valence-electron chi connectivity index (χ1n) is 7.62. The number of nitrogens with one attached hydrogen (secondary N) is 2. The average Bonchev–Trinajstić information content (AvgIpc) is 2.74. The fraction of sp³-hybridized carbons (Fsp3) is 0.786. The van der Waals surface area contributed by atoms with Gasteiger partial charge in [0.05, 0.1) is 19.1 Å². The monoisotopic (exact) mass is 295 g/mol. The molecule has 0 aromatic carbocycles. The van der Waals surface area contributed by atoms with Gasteiger partial charge in [0.2, 0.25) is 5.91 Å². The molecule has 7 heteroatoms. The Morgan fingerprint density at radius 3 is 2.86 bits per heavy atom. The molecule has 7 nitrogen and oxygen atoms in total. The van der Waals surface area contributed by atoms with Crippen molar-refractivity contribution >= 4 is 17.8 Å². The number of imide groups is 1. The highest BCUT2D eigenvalue weighted by Gasteiger charge is 2.49. The summed E-state index contributed by atoms with van der Waals surface area (Å²) >= 11 is 0. The molecule has 2 unspecified atom stereocenters. The molecular formula is C14H21N3O4. The summed E-state index contributed by atoms with van der Waals surface area (Å²) in [4.78, 5) is 37.4. The van der Waals surface area contributed by atoms with Gasteiger partial charge in [-0.1, -0.05) is 0 Å². The molecule has 0 aromatic heterocycles. The minimum atomic E-state index is -0.932. The zero-order valence-electron chi connectivity index (χ0n) is 12.0. The van der Waals surface area contributed by atoms with Crippen LogP contribution < -0.4 is 10.6 Å². The van der Waals surface area contributed by atoms with Crippen LogP contribution >= 0.6 is 0 Å². The number of rotatable bonds is 2. The van der Waals surface area contributed by atoms with Gasteiger partial charge in [0.25, 0.3) is 5.91 Å². The van der Waals surface area contributed by atoms with E-state index in [0.29, 0.717) is 25.8 Å². The summed E-state index contributed by atoms with van der Waals surface area (Å²) in [5, 5.41) is 4.95. The smallest absolute Gasteiger partial charge is 0.322 e. The molecule has 4 amide bonds. The van der Waals surface area contributed by atoms with Crippen molar-refractivity contribution in [3.8, 4) is 0 Å². The van der Waals surface area contributed by atoms with Gasteiger partial charge in [-0.25, -0.2) is 4.79 Å². The van der Waals surface area contributed by atoms with Gasteiger partial charge >= 0.3 is 6.03 Å². The molecular weight excluding hydrogens is 274 g/mol. The van der Waals surface area contributed by atoms with Crippen LogP contribution in [0.15, 0.2) is 0 Å². The molecule has 3 rings (SSSR count). The van der Waals surface area contributed by atoms with E-state index in [0.717, 1.165) is 25.9 Å². The van der Waals surface area contributed by atoms with Crippen LogP contribution in [0.5, 0.6) is 0 Å². The van der Waals surface area contributed by atoms with E-state index in [4.69, 9.17) is 4.74 Å². The number of amides is 4. The summed E-state index contributed by atoms with van der Waals surface area (Å²) in [6, 6.07) is -0.468. The summed E-state index contributed by atoms with van der Waals surface area (Å²) in [6.07, 6.45) is 4.73. The van der Waals surface area contributed by atoms with Crippen molar-refractivity contribution in [1.29, 1.82) is 0 Å². The van der Waals surface area contributed by atoms with E-state index in [1.807, 2.05) is 0 Å². The molecule has 3 aliphatic rings. The van der Waals surface area contributed by atoms with Crippen LogP contribution in [0.3, 0.4) is 0 Å². The van der Waals surface area contributed by atoms with E-state index in [2.05, 4.69) is 10.6 Å². The molecule has 3 fully saturated rings. The van der Waals surface area contributed by atoms with Crippen molar-refractivity contribution in [1.82, 2.24) is 15.5 Å². The highest BCUT2D eigenvalue weighted by Crippen LogP contribution is 2.26. The normalized spacial score (nSPS) is 33.0. The molecule has 0 saturated carbocycles. The van der Waals surface area contributed by atoms with E-state index in [1.165, 1.54) is 0 Å². The standard InChI is InChI=1S/C14H21N3O4/c18-11(8-10-4-1-2-7-21-10)17-6-3-5-14(9-17)12(19)15-13(20)16-14/h10H,1-9H2,(H2,15,16,19,20). The fourth-order valence-corrected chi connectivity index (χ4v) is 3.38. The van der Waals surface area contributed by atoms with Gasteiger partial charge in [-0.3, -0.25) is 14.9 Å². The lowest BCUT2D eigenvalue weighted by Gasteiger charge is -2.38. The lowest BCUT2D eigenvalue weighted by Crippen LogP contribution is -2.59.